The number of amides is 1. The Morgan fingerprint density at radius 3 is 2.50 bits per heavy atom. The van der Waals surface area contributed by atoms with Crippen LogP contribution in [0, 0.1) is 6.92 Å². The largest absolute Gasteiger partial charge is 0.416 e. The van der Waals surface area contributed by atoms with Gasteiger partial charge in [-0.15, -0.1) is 0 Å². The lowest BCUT2D eigenvalue weighted by Gasteiger charge is -2.26. The first kappa shape index (κ1) is 23.7. The van der Waals surface area contributed by atoms with Crippen LogP contribution in [-0.2, 0) is 12.7 Å². The van der Waals surface area contributed by atoms with Crippen molar-refractivity contribution >= 4 is 11.6 Å². The van der Waals surface area contributed by atoms with E-state index >= 15 is 0 Å². The van der Waals surface area contributed by atoms with E-state index in [0.717, 1.165) is 37.3 Å². The number of hydrogen-bond donors (Lipinski definition) is 1. The number of benzene rings is 2. The van der Waals surface area contributed by atoms with E-state index in [1.165, 1.54) is 42.1 Å². The summed E-state index contributed by atoms with van der Waals surface area (Å²) < 4.78 is 40.6. The lowest BCUT2D eigenvalue weighted by molar-refractivity contribution is -0.137. The fraction of sp³-hybridized carbons (Fsp3) is 0.320. The highest BCUT2D eigenvalue weighted by atomic mass is 19.4. The molecule has 4 rings (SSSR count). The second-order valence-corrected chi connectivity index (χ2v) is 8.45. The molecule has 0 radical (unpaired) electrons. The number of halogens is 3. The van der Waals surface area contributed by atoms with Crippen molar-refractivity contribution in [3.05, 3.63) is 87.3 Å². The van der Waals surface area contributed by atoms with Gasteiger partial charge in [-0.25, -0.2) is 4.68 Å². The Bertz CT molecular complexity index is 1250. The Hall–Kier alpha value is -3.46. The number of carbonyl (C=O) groups excluding carboxylic acids is 1. The van der Waals surface area contributed by atoms with Gasteiger partial charge in [-0.05, 0) is 68.8 Å². The van der Waals surface area contributed by atoms with Gasteiger partial charge in [0, 0.05) is 24.0 Å². The van der Waals surface area contributed by atoms with Crippen LogP contribution in [0.5, 0.6) is 0 Å². The molecule has 0 unspecified atom stereocenters. The second kappa shape index (κ2) is 9.80. The zero-order chi connectivity index (χ0) is 24.3. The highest BCUT2D eigenvalue weighted by molar-refractivity contribution is 6.02. The van der Waals surface area contributed by atoms with Gasteiger partial charge >= 0.3 is 6.18 Å². The van der Waals surface area contributed by atoms with Crippen LogP contribution in [0.25, 0.3) is 5.69 Å². The molecule has 9 heteroatoms. The van der Waals surface area contributed by atoms with E-state index in [1.807, 2.05) is 18.2 Å². The van der Waals surface area contributed by atoms with Crippen molar-refractivity contribution in [2.75, 3.05) is 18.4 Å². The molecule has 178 valence electrons. The molecule has 1 N–H and O–H groups in total. The minimum atomic E-state index is -4.53. The Morgan fingerprint density at radius 1 is 1.03 bits per heavy atom. The maximum atomic E-state index is 13.1. The first-order valence-electron chi connectivity index (χ1n) is 11.1. The van der Waals surface area contributed by atoms with Gasteiger partial charge < -0.3 is 5.32 Å². The first-order chi connectivity index (χ1) is 16.2. The molecule has 0 aliphatic carbocycles. The number of aromatic nitrogens is 2. The van der Waals surface area contributed by atoms with Crippen molar-refractivity contribution in [2.45, 2.75) is 38.9 Å². The smallest absolute Gasteiger partial charge is 0.320 e. The summed E-state index contributed by atoms with van der Waals surface area (Å²) in [6.07, 6.45) is -0.933. The number of alkyl halides is 3. The van der Waals surface area contributed by atoms with E-state index in [9.17, 15) is 22.8 Å². The van der Waals surface area contributed by atoms with E-state index in [1.54, 1.807) is 13.0 Å². The molecule has 0 saturated carbocycles. The SMILES string of the molecule is Cc1cc(=O)c(C(=O)Nc2cccc(CN3CCCCC3)c2)nn1-c1cccc(C(F)(F)F)c1. The van der Waals surface area contributed by atoms with Crippen molar-refractivity contribution < 1.29 is 18.0 Å². The molecule has 1 aliphatic heterocycles. The van der Waals surface area contributed by atoms with Gasteiger partial charge in [0.1, 0.15) is 0 Å². The van der Waals surface area contributed by atoms with Crippen molar-refractivity contribution in [3.8, 4) is 5.69 Å². The number of hydrogen-bond acceptors (Lipinski definition) is 4. The zero-order valence-electron chi connectivity index (χ0n) is 18.7. The maximum Gasteiger partial charge on any atom is 0.416 e. The summed E-state index contributed by atoms with van der Waals surface area (Å²) in [7, 11) is 0. The summed E-state index contributed by atoms with van der Waals surface area (Å²) in [6, 6.07) is 13.1. The molecule has 34 heavy (non-hydrogen) atoms. The first-order valence-corrected chi connectivity index (χ1v) is 11.1. The van der Waals surface area contributed by atoms with Gasteiger partial charge in [0.25, 0.3) is 5.91 Å². The summed E-state index contributed by atoms with van der Waals surface area (Å²) >= 11 is 0. The van der Waals surface area contributed by atoms with Gasteiger partial charge in [-0.1, -0.05) is 24.6 Å². The van der Waals surface area contributed by atoms with Crippen LogP contribution in [0.4, 0.5) is 18.9 Å². The Labute approximate surface area is 195 Å². The lowest BCUT2D eigenvalue weighted by atomic mass is 10.1. The van der Waals surface area contributed by atoms with E-state index < -0.39 is 28.8 Å². The molecule has 0 bridgehead atoms. The Kier molecular flexibility index (Phi) is 6.83. The monoisotopic (exact) mass is 470 g/mol. The number of piperidine rings is 1. The third-order valence-corrected chi connectivity index (χ3v) is 5.78. The van der Waals surface area contributed by atoms with Crippen LogP contribution < -0.4 is 10.7 Å². The maximum absolute atomic E-state index is 13.1. The molecule has 1 aromatic heterocycles. The van der Waals surface area contributed by atoms with Crippen molar-refractivity contribution in [3.63, 3.8) is 0 Å². The fourth-order valence-corrected chi connectivity index (χ4v) is 4.09. The number of nitrogens with one attached hydrogen (secondary N) is 1. The van der Waals surface area contributed by atoms with Crippen molar-refractivity contribution in [1.29, 1.82) is 0 Å². The molecule has 3 aromatic rings. The summed E-state index contributed by atoms with van der Waals surface area (Å²) in [6.45, 7) is 4.40. The molecular weight excluding hydrogens is 445 g/mol. The summed E-state index contributed by atoms with van der Waals surface area (Å²) in [5, 5.41) is 6.79. The molecule has 1 saturated heterocycles. The van der Waals surface area contributed by atoms with Crippen molar-refractivity contribution in [2.24, 2.45) is 0 Å². The number of aryl methyl sites for hydroxylation is 1. The average Bonchev–Trinajstić information content (AvgIpc) is 2.79. The molecule has 0 spiro atoms. The number of carbonyl (C=O) groups is 1. The molecule has 2 aromatic carbocycles. The number of nitrogens with zero attached hydrogens (tertiary/aromatic N) is 3. The highest BCUT2D eigenvalue weighted by Gasteiger charge is 2.30. The van der Waals surface area contributed by atoms with Crippen LogP contribution in [0.3, 0.4) is 0 Å². The highest BCUT2D eigenvalue weighted by Crippen LogP contribution is 2.30. The van der Waals surface area contributed by atoms with Crippen LogP contribution in [0.2, 0.25) is 0 Å². The van der Waals surface area contributed by atoms with E-state index in [0.29, 0.717) is 11.4 Å². The third-order valence-electron chi connectivity index (χ3n) is 5.78. The van der Waals surface area contributed by atoms with Crippen LogP contribution >= 0.6 is 0 Å². The predicted molar refractivity (Wildman–Crippen MR) is 123 cm³/mol. The minimum Gasteiger partial charge on any atom is -0.320 e. The lowest BCUT2D eigenvalue weighted by Crippen LogP contribution is -2.29. The van der Waals surface area contributed by atoms with E-state index in [-0.39, 0.29) is 5.69 Å². The van der Waals surface area contributed by atoms with Crippen LogP contribution in [-0.4, -0.2) is 33.7 Å². The van der Waals surface area contributed by atoms with Gasteiger partial charge in [0.05, 0.1) is 11.3 Å². The summed E-state index contributed by atoms with van der Waals surface area (Å²) in [5.74, 6) is -0.721. The minimum absolute atomic E-state index is 0.102. The molecule has 2 heterocycles. The van der Waals surface area contributed by atoms with Crippen LogP contribution in [0.1, 0.15) is 46.6 Å². The summed E-state index contributed by atoms with van der Waals surface area (Å²) in [5.41, 5.74) is 0.118. The van der Waals surface area contributed by atoms with Gasteiger partial charge in [-0.2, -0.15) is 18.3 Å². The standard InChI is InChI=1S/C25H25F3N4O2/c1-17-13-22(33)23(30-32(17)21-10-6-8-19(15-21)25(26,27)28)24(34)29-20-9-5-7-18(14-20)16-31-11-3-2-4-12-31/h5-10,13-15H,2-4,11-12,16H2,1H3,(H,29,34). The summed E-state index contributed by atoms with van der Waals surface area (Å²) in [4.78, 5) is 27.7. The number of rotatable bonds is 5. The second-order valence-electron chi connectivity index (χ2n) is 8.45. The fourth-order valence-electron chi connectivity index (χ4n) is 4.09. The number of anilines is 1. The topological polar surface area (TPSA) is 67.2 Å². The van der Waals surface area contributed by atoms with Crippen molar-refractivity contribution in [1.82, 2.24) is 14.7 Å². The van der Waals surface area contributed by atoms with E-state index in [2.05, 4.69) is 15.3 Å². The van der Waals surface area contributed by atoms with Gasteiger partial charge in [0.2, 0.25) is 5.43 Å². The zero-order valence-corrected chi connectivity index (χ0v) is 18.7. The molecule has 1 amide bonds. The predicted octanol–water partition coefficient (Wildman–Crippen LogP) is 4.80. The van der Waals surface area contributed by atoms with Crippen LogP contribution in [0.15, 0.2) is 59.4 Å². The molecule has 1 aliphatic rings. The Morgan fingerprint density at radius 2 is 1.76 bits per heavy atom. The van der Waals surface area contributed by atoms with E-state index in [4.69, 9.17) is 0 Å². The Balaban J connectivity index is 1.57. The average molecular weight is 470 g/mol. The van der Waals surface area contributed by atoms with Gasteiger partial charge in [0.15, 0.2) is 5.69 Å². The quantitative estimate of drug-likeness (QED) is 0.582. The molecular formula is C25H25F3N4O2. The molecule has 0 atom stereocenters. The normalized spacial score (nSPS) is 14.7. The molecule has 6 nitrogen and oxygen atoms in total. The number of likely N-dealkylation sites (tertiary alicyclic amines) is 1. The van der Waals surface area contributed by atoms with Gasteiger partial charge in [-0.3, -0.25) is 14.5 Å². The molecule has 1 fully saturated rings. The third kappa shape index (κ3) is 5.53.